The smallest absolute Gasteiger partial charge is 0.230 e. The van der Waals surface area contributed by atoms with Gasteiger partial charge in [-0.25, -0.2) is 4.68 Å². The molecule has 0 radical (unpaired) electrons. The fourth-order valence-corrected chi connectivity index (χ4v) is 4.68. The van der Waals surface area contributed by atoms with Crippen LogP contribution in [0.5, 0.6) is 0 Å². The second-order valence-corrected chi connectivity index (χ2v) is 8.61. The zero-order valence-corrected chi connectivity index (χ0v) is 18.6. The fraction of sp³-hybridized carbons (Fsp3) is 0.292. The summed E-state index contributed by atoms with van der Waals surface area (Å²) in [6.45, 7) is 5.25. The van der Waals surface area contributed by atoms with Gasteiger partial charge in [-0.15, -0.1) is 11.8 Å². The van der Waals surface area contributed by atoms with E-state index >= 15 is 0 Å². The first kappa shape index (κ1) is 21.2. The molecule has 160 valence electrons. The second-order valence-electron chi connectivity index (χ2n) is 7.63. The minimum atomic E-state index is -0.0185. The summed E-state index contributed by atoms with van der Waals surface area (Å²) in [7, 11) is 0. The molecule has 2 aromatic carbocycles. The molecule has 1 aliphatic heterocycles. The van der Waals surface area contributed by atoms with Crippen LogP contribution in [0.2, 0.25) is 0 Å². The van der Waals surface area contributed by atoms with E-state index in [-0.39, 0.29) is 11.8 Å². The van der Waals surface area contributed by atoms with Crippen LogP contribution >= 0.6 is 11.8 Å². The molecular weight excluding hydrogens is 408 g/mol. The first-order chi connectivity index (χ1) is 15.0. The van der Waals surface area contributed by atoms with Gasteiger partial charge in [0, 0.05) is 25.2 Å². The van der Waals surface area contributed by atoms with Gasteiger partial charge in [0.25, 0.3) is 0 Å². The first-order valence-electron chi connectivity index (χ1n) is 10.4. The van der Waals surface area contributed by atoms with E-state index in [1.807, 2.05) is 78.0 Å². The summed E-state index contributed by atoms with van der Waals surface area (Å²) in [5.74, 6) is 0.497. The van der Waals surface area contributed by atoms with Crippen molar-refractivity contribution in [1.82, 2.24) is 15.1 Å². The summed E-state index contributed by atoms with van der Waals surface area (Å²) < 4.78 is 1.92. The minimum Gasteiger partial charge on any atom is -0.351 e. The van der Waals surface area contributed by atoms with Crippen molar-refractivity contribution in [3.05, 3.63) is 71.5 Å². The maximum absolute atomic E-state index is 12.4. The number of amides is 2. The zero-order chi connectivity index (χ0) is 21.8. The number of benzene rings is 2. The van der Waals surface area contributed by atoms with E-state index in [9.17, 15) is 9.59 Å². The van der Waals surface area contributed by atoms with Gasteiger partial charge < -0.3 is 10.2 Å². The third-order valence-corrected chi connectivity index (χ3v) is 6.67. The summed E-state index contributed by atoms with van der Waals surface area (Å²) >= 11 is 1.51. The van der Waals surface area contributed by atoms with Crippen LogP contribution in [0, 0.1) is 13.8 Å². The number of nitrogens with zero attached hydrogens (tertiary/aromatic N) is 3. The molecule has 1 N–H and O–H groups in total. The van der Waals surface area contributed by atoms with Crippen LogP contribution in [0.1, 0.15) is 29.8 Å². The number of carbonyl (C=O) groups is 2. The summed E-state index contributed by atoms with van der Waals surface area (Å²) in [4.78, 5) is 27.1. The molecule has 3 aromatic rings. The molecule has 0 saturated carbocycles. The molecule has 1 aromatic heterocycles. The van der Waals surface area contributed by atoms with E-state index in [1.54, 1.807) is 0 Å². The van der Waals surface area contributed by atoms with Gasteiger partial charge in [-0.05, 0) is 50.1 Å². The molecule has 1 fully saturated rings. The highest BCUT2D eigenvalue weighted by Gasteiger charge is 2.21. The maximum atomic E-state index is 12.4. The third kappa shape index (κ3) is 4.82. The van der Waals surface area contributed by atoms with Crippen molar-refractivity contribution in [3.63, 3.8) is 0 Å². The van der Waals surface area contributed by atoms with Gasteiger partial charge in [-0.3, -0.25) is 9.59 Å². The van der Waals surface area contributed by atoms with Gasteiger partial charge >= 0.3 is 0 Å². The number of hydrogen-bond donors (Lipinski definition) is 1. The molecule has 0 atom stereocenters. The predicted octanol–water partition coefficient (Wildman–Crippen LogP) is 4.02. The van der Waals surface area contributed by atoms with Gasteiger partial charge in [-0.1, -0.05) is 30.3 Å². The topological polar surface area (TPSA) is 67.2 Å². The molecule has 2 heterocycles. The molecule has 6 nitrogen and oxygen atoms in total. The van der Waals surface area contributed by atoms with Gasteiger partial charge in [-0.2, -0.15) is 5.10 Å². The molecule has 2 amide bonds. The lowest BCUT2D eigenvalue weighted by Gasteiger charge is -2.16. The quantitative estimate of drug-likeness (QED) is 0.570. The predicted molar refractivity (Wildman–Crippen MR) is 124 cm³/mol. The average Bonchev–Trinajstić information content (AvgIpc) is 3.34. The van der Waals surface area contributed by atoms with Crippen molar-refractivity contribution >= 4 is 29.3 Å². The molecule has 1 saturated heterocycles. The molecular formula is C24H26N4O2S. The number of hydrogen-bond acceptors (Lipinski definition) is 4. The number of aromatic nitrogens is 2. The average molecular weight is 435 g/mol. The SMILES string of the molecule is Cc1nn(-c2ccccc2)c(C)c1SCC(=O)NCc1ccc(N2CCCC2=O)cc1. The van der Waals surface area contributed by atoms with Crippen LogP contribution < -0.4 is 10.2 Å². The molecule has 0 spiro atoms. The summed E-state index contributed by atoms with van der Waals surface area (Å²) in [5.41, 5.74) is 4.91. The third-order valence-electron chi connectivity index (χ3n) is 5.38. The van der Waals surface area contributed by atoms with Crippen LogP contribution in [0.3, 0.4) is 0 Å². The largest absolute Gasteiger partial charge is 0.351 e. The summed E-state index contributed by atoms with van der Waals surface area (Å²) in [5, 5.41) is 7.61. The Bertz CT molecular complexity index is 1080. The second kappa shape index (κ2) is 9.39. The van der Waals surface area contributed by atoms with E-state index in [4.69, 9.17) is 0 Å². The van der Waals surface area contributed by atoms with Gasteiger partial charge in [0.2, 0.25) is 11.8 Å². The lowest BCUT2D eigenvalue weighted by molar-refractivity contribution is -0.119. The standard InChI is InChI=1S/C24H26N4O2S/c1-17-24(18(2)28(26-17)21-7-4-3-5-8-21)31-16-22(29)25-15-19-10-12-20(13-11-19)27-14-6-9-23(27)30/h3-5,7-8,10-13H,6,9,14-16H2,1-2H3,(H,25,29). The fourth-order valence-electron chi connectivity index (χ4n) is 3.76. The number of para-hydroxylation sites is 1. The van der Waals surface area contributed by atoms with E-state index in [1.165, 1.54) is 11.8 Å². The molecule has 1 aliphatic rings. The lowest BCUT2D eigenvalue weighted by atomic mass is 10.2. The molecule has 0 aliphatic carbocycles. The number of rotatable bonds is 7. The highest BCUT2D eigenvalue weighted by molar-refractivity contribution is 8.00. The number of anilines is 1. The van der Waals surface area contributed by atoms with Crippen molar-refractivity contribution in [1.29, 1.82) is 0 Å². The van der Waals surface area contributed by atoms with E-state index in [0.717, 1.165) is 46.2 Å². The Hall–Kier alpha value is -3.06. The van der Waals surface area contributed by atoms with Crippen LogP contribution in [-0.4, -0.2) is 33.9 Å². The molecule has 0 unspecified atom stereocenters. The minimum absolute atomic E-state index is 0.0185. The van der Waals surface area contributed by atoms with Crippen LogP contribution in [0.15, 0.2) is 59.5 Å². The Morgan fingerprint density at radius 3 is 2.48 bits per heavy atom. The molecule has 7 heteroatoms. The van der Waals surface area contributed by atoms with Crippen molar-refractivity contribution in [3.8, 4) is 5.69 Å². The number of nitrogens with one attached hydrogen (secondary N) is 1. The normalized spacial score (nSPS) is 13.6. The Balaban J connectivity index is 1.31. The molecule has 0 bridgehead atoms. The zero-order valence-electron chi connectivity index (χ0n) is 17.8. The Labute approximate surface area is 186 Å². The van der Waals surface area contributed by atoms with Crippen LogP contribution in [-0.2, 0) is 16.1 Å². The number of aryl methyl sites for hydroxylation is 1. The van der Waals surface area contributed by atoms with Gasteiger partial charge in [0.05, 0.1) is 27.7 Å². The van der Waals surface area contributed by atoms with Crippen molar-refractivity contribution in [2.24, 2.45) is 0 Å². The Morgan fingerprint density at radius 2 is 1.81 bits per heavy atom. The Morgan fingerprint density at radius 1 is 1.06 bits per heavy atom. The van der Waals surface area contributed by atoms with Crippen molar-refractivity contribution in [2.45, 2.75) is 38.1 Å². The maximum Gasteiger partial charge on any atom is 0.230 e. The lowest BCUT2D eigenvalue weighted by Crippen LogP contribution is -2.25. The van der Waals surface area contributed by atoms with Crippen LogP contribution in [0.4, 0.5) is 5.69 Å². The van der Waals surface area contributed by atoms with Gasteiger partial charge in [0.1, 0.15) is 0 Å². The highest BCUT2D eigenvalue weighted by Crippen LogP contribution is 2.28. The van der Waals surface area contributed by atoms with E-state index in [0.29, 0.717) is 18.7 Å². The van der Waals surface area contributed by atoms with Crippen molar-refractivity contribution in [2.75, 3.05) is 17.2 Å². The Kier molecular flexibility index (Phi) is 6.42. The summed E-state index contributed by atoms with van der Waals surface area (Å²) in [6.07, 6.45) is 1.54. The van der Waals surface area contributed by atoms with Gasteiger partial charge in [0.15, 0.2) is 0 Å². The molecule has 4 rings (SSSR count). The summed E-state index contributed by atoms with van der Waals surface area (Å²) in [6, 6.07) is 17.8. The number of thioether (sulfide) groups is 1. The monoisotopic (exact) mass is 434 g/mol. The van der Waals surface area contributed by atoms with E-state index < -0.39 is 0 Å². The highest BCUT2D eigenvalue weighted by atomic mass is 32.2. The first-order valence-corrected chi connectivity index (χ1v) is 11.4. The van der Waals surface area contributed by atoms with Crippen molar-refractivity contribution < 1.29 is 9.59 Å². The van der Waals surface area contributed by atoms with Crippen LogP contribution in [0.25, 0.3) is 5.69 Å². The number of carbonyl (C=O) groups excluding carboxylic acids is 2. The molecule has 31 heavy (non-hydrogen) atoms. The van der Waals surface area contributed by atoms with E-state index in [2.05, 4.69) is 10.4 Å².